The van der Waals surface area contributed by atoms with Crippen molar-refractivity contribution >= 4 is 17.7 Å². The van der Waals surface area contributed by atoms with Crippen LogP contribution >= 0.6 is 0 Å². The minimum Gasteiger partial charge on any atom is -0.491 e. The summed E-state index contributed by atoms with van der Waals surface area (Å²) in [4.78, 5) is 42.1. The molecule has 0 radical (unpaired) electrons. The summed E-state index contributed by atoms with van der Waals surface area (Å²) in [5.74, 6) is -0.517. The minimum absolute atomic E-state index is 0.0617. The predicted molar refractivity (Wildman–Crippen MR) is 124 cm³/mol. The molecule has 0 aromatic heterocycles. The predicted octanol–water partition coefficient (Wildman–Crippen LogP) is 0.684. The highest BCUT2D eigenvalue weighted by Crippen LogP contribution is 2.43. The van der Waals surface area contributed by atoms with Gasteiger partial charge in [-0.1, -0.05) is 25.0 Å². The van der Waals surface area contributed by atoms with Crippen molar-refractivity contribution in [1.29, 1.82) is 0 Å². The fourth-order valence-corrected chi connectivity index (χ4v) is 4.65. The van der Waals surface area contributed by atoms with Crippen LogP contribution in [-0.2, 0) is 14.4 Å². The molecule has 3 amide bonds. The van der Waals surface area contributed by atoms with Crippen LogP contribution < -0.4 is 15.4 Å². The number of carbonyl (C=O) groups excluding carboxylic acids is 3. The zero-order valence-electron chi connectivity index (χ0n) is 19.6. The van der Waals surface area contributed by atoms with Crippen molar-refractivity contribution in [3.63, 3.8) is 0 Å². The Bertz CT molecular complexity index is 831. The standard InChI is InChI=1S/C24H36N4O5/c1-27(2)11-6-4-3-5-10-25-23(31)19-15-20-24(32)26-16-21(30)28(20)22(19)17-8-7-9-18(14-17)33-13-12-29/h7-9,14,19-20,22,29H,3-6,10-13,15-16H2,1-2H3,(H,25,31)(H,26,32)/t19-,20-,22-/m1/s1. The van der Waals surface area contributed by atoms with Crippen LogP contribution in [0.1, 0.15) is 43.7 Å². The van der Waals surface area contributed by atoms with Gasteiger partial charge >= 0.3 is 0 Å². The average Bonchev–Trinajstić information content (AvgIpc) is 3.21. The first-order chi connectivity index (χ1) is 15.9. The molecular weight excluding hydrogens is 424 g/mol. The van der Waals surface area contributed by atoms with E-state index in [0.29, 0.717) is 18.7 Å². The van der Waals surface area contributed by atoms with Gasteiger partial charge in [0.25, 0.3) is 0 Å². The van der Waals surface area contributed by atoms with E-state index >= 15 is 0 Å². The van der Waals surface area contributed by atoms with Crippen LogP contribution in [0.4, 0.5) is 0 Å². The number of nitrogens with zero attached hydrogens (tertiary/aromatic N) is 2. The van der Waals surface area contributed by atoms with Crippen molar-refractivity contribution in [1.82, 2.24) is 20.4 Å². The number of hydrogen-bond acceptors (Lipinski definition) is 6. The Morgan fingerprint density at radius 2 is 2.03 bits per heavy atom. The number of benzene rings is 1. The van der Waals surface area contributed by atoms with Crippen LogP contribution in [0.2, 0.25) is 0 Å². The Kier molecular flexibility index (Phi) is 9.08. The van der Waals surface area contributed by atoms with Crippen molar-refractivity contribution in [2.75, 3.05) is 46.9 Å². The first kappa shape index (κ1) is 25.0. The van der Waals surface area contributed by atoms with Gasteiger partial charge in [0.2, 0.25) is 17.7 Å². The van der Waals surface area contributed by atoms with Gasteiger partial charge in [-0.25, -0.2) is 0 Å². The molecule has 0 unspecified atom stereocenters. The fourth-order valence-electron chi connectivity index (χ4n) is 4.65. The normalized spacial score (nSPS) is 22.3. The number of aliphatic hydroxyl groups excluding tert-OH is 1. The number of unbranched alkanes of at least 4 members (excludes halogenated alkanes) is 3. The van der Waals surface area contributed by atoms with Crippen LogP contribution in [0.15, 0.2) is 24.3 Å². The number of piperazine rings is 1. The second-order valence-corrected chi connectivity index (χ2v) is 8.97. The van der Waals surface area contributed by atoms with E-state index in [1.165, 1.54) is 0 Å². The molecule has 9 heteroatoms. The zero-order valence-corrected chi connectivity index (χ0v) is 19.6. The molecule has 3 rings (SSSR count). The van der Waals surface area contributed by atoms with Gasteiger partial charge in [0, 0.05) is 6.54 Å². The van der Waals surface area contributed by atoms with Crippen LogP contribution in [0.5, 0.6) is 5.75 Å². The molecule has 9 nitrogen and oxygen atoms in total. The first-order valence-corrected chi connectivity index (χ1v) is 11.8. The van der Waals surface area contributed by atoms with Gasteiger partial charge in [-0.3, -0.25) is 14.4 Å². The van der Waals surface area contributed by atoms with Gasteiger partial charge in [0.15, 0.2) is 0 Å². The Balaban J connectivity index is 1.69. The van der Waals surface area contributed by atoms with Crippen LogP contribution in [-0.4, -0.2) is 85.6 Å². The molecular formula is C24H36N4O5. The van der Waals surface area contributed by atoms with Crippen molar-refractivity contribution in [2.24, 2.45) is 5.92 Å². The lowest BCUT2D eigenvalue weighted by Gasteiger charge is -2.34. The number of fused-ring (bicyclic) bond motifs is 1. The largest absolute Gasteiger partial charge is 0.491 e. The molecule has 33 heavy (non-hydrogen) atoms. The summed E-state index contributed by atoms with van der Waals surface area (Å²) in [5.41, 5.74) is 0.750. The highest BCUT2D eigenvalue weighted by Gasteiger charge is 2.52. The van der Waals surface area contributed by atoms with Crippen molar-refractivity contribution in [3.05, 3.63) is 29.8 Å². The van der Waals surface area contributed by atoms with Gasteiger partial charge in [-0.05, 0) is 57.6 Å². The van der Waals surface area contributed by atoms with E-state index in [-0.39, 0.29) is 37.5 Å². The molecule has 2 fully saturated rings. The van der Waals surface area contributed by atoms with Gasteiger partial charge in [-0.2, -0.15) is 0 Å². The molecule has 182 valence electrons. The number of amides is 3. The second-order valence-electron chi connectivity index (χ2n) is 8.97. The van der Waals surface area contributed by atoms with Gasteiger partial charge in [0.1, 0.15) is 18.4 Å². The maximum atomic E-state index is 13.2. The molecule has 1 aromatic carbocycles. The fraction of sp³-hybridized carbons (Fsp3) is 0.625. The third-order valence-electron chi connectivity index (χ3n) is 6.23. The molecule has 2 saturated heterocycles. The van der Waals surface area contributed by atoms with E-state index in [9.17, 15) is 14.4 Å². The summed E-state index contributed by atoms with van der Waals surface area (Å²) < 4.78 is 5.53. The van der Waals surface area contributed by atoms with Gasteiger partial charge < -0.3 is 30.3 Å². The van der Waals surface area contributed by atoms with E-state index in [2.05, 4.69) is 29.6 Å². The summed E-state index contributed by atoms with van der Waals surface area (Å²) in [7, 11) is 4.12. The lowest BCUT2D eigenvalue weighted by molar-refractivity contribution is -0.145. The molecule has 2 aliphatic heterocycles. The van der Waals surface area contributed by atoms with E-state index in [1.54, 1.807) is 23.1 Å². The van der Waals surface area contributed by atoms with Crippen LogP contribution in [0.25, 0.3) is 0 Å². The van der Waals surface area contributed by atoms with E-state index in [4.69, 9.17) is 9.84 Å². The Labute approximate surface area is 195 Å². The summed E-state index contributed by atoms with van der Waals surface area (Å²) in [6.45, 7) is 1.62. The molecule has 0 saturated carbocycles. The summed E-state index contributed by atoms with van der Waals surface area (Å²) in [6.07, 6.45) is 4.48. The Morgan fingerprint density at radius 3 is 2.79 bits per heavy atom. The molecule has 0 spiro atoms. The first-order valence-electron chi connectivity index (χ1n) is 11.8. The number of rotatable bonds is 12. The van der Waals surface area contributed by atoms with Crippen molar-refractivity contribution in [3.8, 4) is 5.75 Å². The third kappa shape index (κ3) is 6.45. The minimum atomic E-state index is -0.653. The number of carbonyl (C=O) groups is 3. The molecule has 2 aliphatic rings. The molecule has 1 aromatic rings. The SMILES string of the molecule is CN(C)CCCCCCNC(=O)[C@@H]1C[C@@H]2C(=O)NCC(=O)N2[C@@H]1c1cccc(OCCO)c1. The maximum Gasteiger partial charge on any atom is 0.243 e. The molecule has 3 atom stereocenters. The summed E-state index contributed by atoms with van der Waals surface area (Å²) in [5, 5.41) is 14.7. The van der Waals surface area contributed by atoms with Crippen molar-refractivity contribution < 1.29 is 24.2 Å². The summed E-state index contributed by atoms with van der Waals surface area (Å²) >= 11 is 0. The smallest absolute Gasteiger partial charge is 0.243 e. The lowest BCUT2D eigenvalue weighted by Crippen LogP contribution is -2.56. The zero-order chi connectivity index (χ0) is 23.8. The Hall–Kier alpha value is -2.65. The van der Waals surface area contributed by atoms with Gasteiger partial charge in [-0.15, -0.1) is 0 Å². The average molecular weight is 461 g/mol. The molecule has 2 heterocycles. The number of ether oxygens (including phenoxy) is 1. The van der Waals surface area contributed by atoms with Crippen LogP contribution in [0.3, 0.4) is 0 Å². The Morgan fingerprint density at radius 1 is 1.24 bits per heavy atom. The number of aliphatic hydroxyl groups is 1. The molecule has 0 aliphatic carbocycles. The highest BCUT2D eigenvalue weighted by molar-refractivity contribution is 5.97. The quantitative estimate of drug-likeness (QED) is 0.396. The van der Waals surface area contributed by atoms with E-state index < -0.39 is 18.0 Å². The number of nitrogens with one attached hydrogen (secondary N) is 2. The topological polar surface area (TPSA) is 111 Å². The van der Waals surface area contributed by atoms with Crippen LogP contribution in [0, 0.1) is 5.92 Å². The number of hydrogen-bond donors (Lipinski definition) is 3. The summed E-state index contributed by atoms with van der Waals surface area (Å²) in [6, 6.07) is 6.01. The monoisotopic (exact) mass is 460 g/mol. The molecule has 0 bridgehead atoms. The highest BCUT2D eigenvalue weighted by atomic mass is 16.5. The molecule has 3 N–H and O–H groups in total. The van der Waals surface area contributed by atoms with E-state index in [1.807, 2.05) is 6.07 Å². The van der Waals surface area contributed by atoms with Crippen molar-refractivity contribution in [2.45, 2.75) is 44.2 Å². The lowest BCUT2D eigenvalue weighted by atomic mass is 9.92. The van der Waals surface area contributed by atoms with E-state index in [0.717, 1.165) is 37.8 Å². The second kappa shape index (κ2) is 12.0. The van der Waals surface area contributed by atoms with Gasteiger partial charge in [0.05, 0.1) is 25.1 Å². The third-order valence-corrected chi connectivity index (χ3v) is 6.23. The maximum absolute atomic E-state index is 13.2.